The number of hydrogen-bond donors (Lipinski definition) is 2. The van der Waals surface area contributed by atoms with Crippen molar-refractivity contribution >= 4 is 29.0 Å². The number of hydrogen-bond acceptors (Lipinski definition) is 5. The first-order chi connectivity index (χ1) is 11.4. The zero-order chi connectivity index (χ0) is 17.4. The summed E-state index contributed by atoms with van der Waals surface area (Å²) in [6, 6.07) is 6.14. The fourth-order valence-electron chi connectivity index (χ4n) is 2.78. The molecule has 3 aromatic rings. The van der Waals surface area contributed by atoms with Crippen LogP contribution in [-0.2, 0) is 4.74 Å². The molecule has 3 heterocycles. The van der Waals surface area contributed by atoms with Gasteiger partial charge in [-0.2, -0.15) is 0 Å². The molecule has 0 aliphatic carbocycles. The number of pyridine rings is 2. The monoisotopic (exact) mass is 323 g/mol. The molecule has 0 atom stereocenters. The SMILES string of the molecule is CC(C)c1cc(C(C)C)c2ccc3nc(C(=N)OC=N)cn3c2n1. The van der Waals surface area contributed by atoms with E-state index in [1.807, 2.05) is 16.5 Å². The van der Waals surface area contributed by atoms with Crippen LogP contribution in [0, 0.1) is 10.8 Å². The highest BCUT2D eigenvalue weighted by molar-refractivity contribution is 5.94. The van der Waals surface area contributed by atoms with Crippen LogP contribution in [0.1, 0.15) is 56.5 Å². The molecule has 6 nitrogen and oxygen atoms in total. The van der Waals surface area contributed by atoms with Gasteiger partial charge in [-0.1, -0.05) is 27.7 Å². The Morgan fingerprint density at radius 1 is 1.17 bits per heavy atom. The predicted octanol–water partition coefficient (Wildman–Crippen LogP) is 4.08. The fraction of sp³-hybridized carbons (Fsp3) is 0.333. The molecule has 0 spiro atoms. The molecule has 0 saturated carbocycles. The molecule has 0 aliphatic rings. The summed E-state index contributed by atoms with van der Waals surface area (Å²) in [4.78, 5) is 9.23. The van der Waals surface area contributed by atoms with E-state index in [2.05, 4.69) is 38.7 Å². The van der Waals surface area contributed by atoms with E-state index in [0.29, 0.717) is 23.2 Å². The van der Waals surface area contributed by atoms with E-state index in [1.54, 1.807) is 6.20 Å². The summed E-state index contributed by atoms with van der Waals surface area (Å²) in [5.41, 5.74) is 4.23. The molecule has 0 radical (unpaired) electrons. The largest absolute Gasteiger partial charge is 0.426 e. The smallest absolute Gasteiger partial charge is 0.240 e. The second-order valence-corrected chi connectivity index (χ2v) is 6.44. The highest BCUT2D eigenvalue weighted by Crippen LogP contribution is 2.28. The lowest BCUT2D eigenvalue weighted by Crippen LogP contribution is -2.03. The molecular weight excluding hydrogens is 302 g/mol. The molecule has 3 aromatic heterocycles. The summed E-state index contributed by atoms with van der Waals surface area (Å²) in [5, 5.41) is 15.9. The van der Waals surface area contributed by atoms with Crippen LogP contribution < -0.4 is 0 Å². The van der Waals surface area contributed by atoms with Crippen LogP contribution in [-0.4, -0.2) is 26.7 Å². The van der Waals surface area contributed by atoms with E-state index in [1.165, 1.54) is 5.56 Å². The molecule has 3 rings (SSSR count). The molecule has 2 N–H and O–H groups in total. The van der Waals surface area contributed by atoms with Gasteiger partial charge >= 0.3 is 0 Å². The van der Waals surface area contributed by atoms with Crippen LogP contribution in [0.25, 0.3) is 16.7 Å². The number of nitrogens with zero attached hydrogens (tertiary/aromatic N) is 3. The first kappa shape index (κ1) is 16.1. The molecule has 24 heavy (non-hydrogen) atoms. The van der Waals surface area contributed by atoms with Gasteiger partial charge in [-0.15, -0.1) is 0 Å². The third-order valence-electron chi connectivity index (χ3n) is 4.07. The normalized spacial score (nSPS) is 11.6. The van der Waals surface area contributed by atoms with Crippen molar-refractivity contribution in [3.8, 4) is 0 Å². The van der Waals surface area contributed by atoms with Crippen LogP contribution >= 0.6 is 0 Å². The van der Waals surface area contributed by atoms with E-state index in [9.17, 15) is 0 Å². The van der Waals surface area contributed by atoms with Crippen molar-refractivity contribution in [3.63, 3.8) is 0 Å². The quantitative estimate of drug-likeness (QED) is 0.560. The predicted molar refractivity (Wildman–Crippen MR) is 95.4 cm³/mol. The minimum atomic E-state index is -0.147. The fourth-order valence-corrected chi connectivity index (χ4v) is 2.78. The Morgan fingerprint density at radius 2 is 1.92 bits per heavy atom. The molecule has 0 saturated heterocycles. The van der Waals surface area contributed by atoms with Crippen LogP contribution in [0.5, 0.6) is 0 Å². The maximum atomic E-state index is 7.82. The van der Waals surface area contributed by atoms with Gasteiger partial charge < -0.3 is 4.74 Å². The van der Waals surface area contributed by atoms with Gasteiger partial charge in [-0.3, -0.25) is 15.2 Å². The lowest BCUT2D eigenvalue weighted by atomic mass is 9.97. The molecule has 124 valence electrons. The van der Waals surface area contributed by atoms with Gasteiger partial charge in [0.15, 0.2) is 6.40 Å². The second-order valence-electron chi connectivity index (χ2n) is 6.44. The molecule has 0 aromatic carbocycles. The number of ether oxygens (including phenoxy) is 1. The molecular formula is C18H21N5O. The van der Waals surface area contributed by atoms with Crippen LogP contribution in [0.3, 0.4) is 0 Å². The Bertz CT molecular complexity index is 939. The van der Waals surface area contributed by atoms with Gasteiger partial charge in [0, 0.05) is 17.3 Å². The number of rotatable bonds is 4. The van der Waals surface area contributed by atoms with Gasteiger partial charge in [0.1, 0.15) is 17.0 Å². The molecule has 0 amide bonds. The summed E-state index contributed by atoms with van der Waals surface area (Å²) in [6.45, 7) is 8.61. The summed E-state index contributed by atoms with van der Waals surface area (Å²) in [5.74, 6) is 0.559. The summed E-state index contributed by atoms with van der Waals surface area (Å²) >= 11 is 0. The standard InChI is InChI=1S/C18H21N5O/c1-10(2)13-7-14(11(3)4)22-18-12(13)5-6-16-21-15(8-23(16)18)17(20)24-9-19/h5-11,19-20H,1-4H3. The Balaban J connectivity index is 2.32. The minimum Gasteiger partial charge on any atom is -0.426 e. The molecule has 0 aliphatic heterocycles. The lowest BCUT2D eigenvalue weighted by molar-refractivity contribution is 0.559. The first-order valence-electron chi connectivity index (χ1n) is 7.99. The zero-order valence-electron chi connectivity index (χ0n) is 14.3. The van der Waals surface area contributed by atoms with Gasteiger partial charge in [0.25, 0.3) is 0 Å². The highest BCUT2D eigenvalue weighted by atomic mass is 16.5. The molecule has 6 heteroatoms. The third-order valence-corrected chi connectivity index (χ3v) is 4.07. The van der Waals surface area contributed by atoms with Crippen molar-refractivity contribution in [2.45, 2.75) is 39.5 Å². The molecule has 0 bridgehead atoms. The summed E-state index contributed by atoms with van der Waals surface area (Å²) < 4.78 is 6.72. The van der Waals surface area contributed by atoms with Gasteiger partial charge in [0.2, 0.25) is 5.90 Å². The maximum Gasteiger partial charge on any atom is 0.240 e. The highest BCUT2D eigenvalue weighted by Gasteiger charge is 2.15. The Labute approximate surface area is 140 Å². The number of nitrogens with one attached hydrogen (secondary N) is 2. The first-order valence-corrected chi connectivity index (χ1v) is 7.99. The van der Waals surface area contributed by atoms with E-state index in [4.69, 9.17) is 20.5 Å². The van der Waals surface area contributed by atoms with Crippen molar-refractivity contribution in [3.05, 3.63) is 41.3 Å². The van der Waals surface area contributed by atoms with Gasteiger partial charge in [-0.05, 0) is 35.6 Å². The van der Waals surface area contributed by atoms with E-state index in [0.717, 1.165) is 23.1 Å². The van der Waals surface area contributed by atoms with Gasteiger partial charge in [0.05, 0.1) is 0 Å². The lowest BCUT2D eigenvalue weighted by Gasteiger charge is -2.15. The van der Waals surface area contributed by atoms with Crippen molar-refractivity contribution in [1.29, 1.82) is 10.8 Å². The van der Waals surface area contributed by atoms with Crippen molar-refractivity contribution in [2.24, 2.45) is 0 Å². The maximum absolute atomic E-state index is 7.82. The van der Waals surface area contributed by atoms with Crippen molar-refractivity contribution in [1.82, 2.24) is 14.4 Å². The van der Waals surface area contributed by atoms with E-state index >= 15 is 0 Å². The second kappa shape index (κ2) is 6.03. The topological polar surface area (TPSA) is 87.1 Å². The van der Waals surface area contributed by atoms with Crippen molar-refractivity contribution in [2.75, 3.05) is 0 Å². The zero-order valence-corrected chi connectivity index (χ0v) is 14.3. The average Bonchev–Trinajstić information content (AvgIpc) is 2.98. The summed E-state index contributed by atoms with van der Waals surface area (Å²) in [7, 11) is 0. The Morgan fingerprint density at radius 3 is 2.54 bits per heavy atom. The molecule has 0 fully saturated rings. The number of imidazole rings is 1. The van der Waals surface area contributed by atoms with Gasteiger partial charge in [-0.25, -0.2) is 9.97 Å². The summed E-state index contributed by atoms with van der Waals surface area (Å²) in [6.07, 6.45) is 2.47. The van der Waals surface area contributed by atoms with E-state index < -0.39 is 0 Å². The third kappa shape index (κ3) is 2.64. The molecule has 0 unspecified atom stereocenters. The Kier molecular flexibility index (Phi) is 4.05. The number of fused-ring (bicyclic) bond motifs is 3. The van der Waals surface area contributed by atoms with E-state index in [-0.39, 0.29) is 5.90 Å². The minimum absolute atomic E-state index is 0.147. The average molecular weight is 323 g/mol. The number of aromatic nitrogens is 3. The van der Waals surface area contributed by atoms with Crippen molar-refractivity contribution < 1.29 is 4.74 Å². The van der Waals surface area contributed by atoms with Crippen LogP contribution in [0.4, 0.5) is 0 Å². The van der Waals surface area contributed by atoms with Crippen LogP contribution in [0.2, 0.25) is 0 Å². The van der Waals surface area contributed by atoms with Crippen LogP contribution in [0.15, 0.2) is 24.4 Å². The Hall–Kier alpha value is -2.76.